The number of carboxylic acid groups (broad SMARTS) is 3. The Morgan fingerprint density at radius 3 is 1.82 bits per heavy atom. The zero-order valence-electron chi connectivity index (χ0n) is 22.0. The molecule has 2 fully saturated rings. The summed E-state index contributed by atoms with van der Waals surface area (Å²) in [7, 11) is 0. The summed E-state index contributed by atoms with van der Waals surface area (Å²) >= 11 is 0. The third-order valence-electron chi connectivity index (χ3n) is 5.39. The van der Waals surface area contributed by atoms with Gasteiger partial charge in [-0.25, -0.2) is 14.4 Å². The molecular formula is C24H24F9N3O8. The van der Waals surface area contributed by atoms with E-state index in [1.807, 2.05) is 30.5 Å². The molecule has 20 heteroatoms. The topological polar surface area (TPSA) is 159 Å². The lowest BCUT2D eigenvalue weighted by Crippen LogP contribution is -2.51. The number of halogens is 9. The lowest BCUT2D eigenvalue weighted by Gasteiger charge is -2.38. The van der Waals surface area contributed by atoms with Gasteiger partial charge in [-0.15, -0.1) is 0 Å². The predicted molar refractivity (Wildman–Crippen MR) is 127 cm³/mol. The fraction of sp³-hybridized carbons (Fsp3) is 0.458. The van der Waals surface area contributed by atoms with Crippen LogP contribution in [0.3, 0.4) is 0 Å². The van der Waals surface area contributed by atoms with E-state index in [0.717, 1.165) is 44.0 Å². The molecule has 4 rings (SSSR count). The normalized spacial score (nSPS) is 19.8. The van der Waals surface area contributed by atoms with Crippen molar-refractivity contribution in [3.63, 3.8) is 0 Å². The number of morpholine rings is 1. The summed E-state index contributed by atoms with van der Waals surface area (Å²) in [4.78, 5) is 37.7. The number of aromatic nitrogens is 2. The number of hydrogen-bond donors (Lipinski definition) is 3. The minimum Gasteiger partial charge on any atom is -0.486 e. The molecule has 0 unspecified atom stereocenters. The second kappa shape index (κ2) is 16.6. The molecule has 0 bridgehead atoms. The van der Waals surface area contributed by atoms with Crippen LogP contribution in [0.4, 0.5) is 39.5 Å². The minimum absolute atomic E-state index is 0.107. The Balaban J connectivity index is 0.000000379. The lowest BCUT2D eigenvalue weighted by atomic mass is 10.1. The number of alkyl halides is 9. The van der Waals surface area contributed by atoms with Crippen molar-refractivity contribution in [3.8, 4) is 5.75 Å². The summed E-state index contributed by atoms with van der Waals surface area (Å²) in [5.74, 6) is -7.45. The summed E-state index contributed by atoms with van der Waals surface area (Å²) in [5, 5.41) is 21.4. The molecule has 1 aliphatic heterocycles. The van der Waals surface area contributed by atoms with Crippen molar-refractivity contribution < 1.29 is 78.7 Å². The van der Waals surface area contributed by atoms with Crippen LogP contribution in [-0.2, 0) is 25.7 Å². The molecule has 0 amide bonds. The van der Waals surface area contributed by atoms with Crippen molar-refractivity contribution >= 4 is 17.9 Å². The van der Waals surface area contributed by atoms with Gasteiger partial charge in [-0.3, -0.25) is 14.9 Å². The largest absolute Gasteiger partial charge is 0.490 e. The monoisotopic (exact) mass is 653 g/mol. The molecule has 0 aromatic carbocycles. The van der Waals surface area contributed by atoms with E-state index in [0.29, 0.717) is 6.04 Å². The number of rotatable bonds is 4. The average molecular weight is 653 g/mol. The van der Waals surface area contributed by atoms with Gasteiger partial charge in [0.25, 0.3) is 0 Å². The van der Waals surface area contributed by atoms with Crippen LogP contribution in [0.1, 0.15) is 18.5 Å². The van der Waals surface area contributed by atoms with Gasteiger partial charge in [-0.1, -0.05) is 6.07 Å². The molecule has 2 aromatic rings. The molecule has 3 N–H and O–H groups in total. The summed E-state index contributed by atoms with van der Waals surface area (Å²) in [6.07, 6.45) is -7.51. The van der Waals surface area contributed by atoms with Crippen LogP contribution in [-0.4, -0.2) is 98.0 Å². The van der Waals surface area contributed by atoms with Gasteiger partial charge in [0.1, 0.15) is 18.0 Å². The molecule has 1 aliphatic carbocycles. The van der Waals surface area contributed by atoms with E-state index in [1.54, 1.807) is 12.4 Å². The number of hydrogen-bond acceptors (Lipinski definition) is 8. The Labute approximate surface area is 241 Å². The number of ether oxygens (including phenoxy) is 2. The van der Waals surface area contributed by atoms with Crippen LogP contribution in [0.15, 0.2) is 48.9 Å². The number of nitrogens with zero attached hydrogens (tertiary/aromatic N) is 3. The van der Waals surface area contributed by atoms with Crippen molar-refractivity contribution in [1.82, 2.24) is 14.9 Å². The van der Waals surface area contributed by atoms with Crippen molar-refractivity contribution in [2.24, 2.45) is 0 Å². The smallest absolute Gasteiger partial charge is 0.486 e. The number of fused-ring (bicyclic) bond motifs is 1. The quantitative estimate of drug-likeness (QED) is 0.407. The molecule has 246 valence electrons. The van der Waals surface area contributed by atoms with Gasteiger partial charge in [0, 0.05) is 31.5 Å². The van der Waals surface area contributed by atoms with Crippen LogP contribution in [0.2, 0.25) is 0 Å². The third kappa shape index (κ3) is 13.8. The SMILES string of the molecule is O=C(O)C(F)(F)F.O=C(O)C(F)(F)F.O=C(O)C(F)(F)F.c1ccc(CN2CCO[C@H]3[C@@H](Oc4cccnc4)CC[C@@H]32)nc1. The first-order valence-corrected chi connectivity index (χ1v) is 12.0. The maximum absolute atomic E-state index is 10.6. The molecule has 3 heterocycles. The first-order chi connectivity index (χ1) is 20.2. The predicted octanol–water partition coefficient (Wildman–Crippen LogP) is 4.19. The highest BCUT2D eigenvalue weighted by Gasteiger charge is 2.44. The van der Waals surface area contributed by atoms with E-state index in [9.17, 15) is 39.5 Å². The van der Waals surface area contributed by atoms with Gasteiger partial charge in [0.05, 0.1) is 18.5 Å². The molecule has 1 saturated carbocycles. The number of aliphatic carboxylic acids is 3. The highest BCUT2D eigenvalue weighted by atomic mass is 19.4. The van der Waals surface area contributed by atoms with Gasteiger partial charge < -0.3 is 24.8 Å². The highest BCUT2D eigenvalue weighted by Crippen LogP contribution is 2.33. The van der Waals surface area contributed by atoms with Crippen molar-refractivity contribution in [3.05, 3.63) is 54.6 Å². The fourth-order valence-electron chi connectivity index (χ4n) is 3.61. The third-order valence-corrected chi connectivity index (χ3v) is 5.39. The number of carbonyl (C=O) groups is 3. The molecule has 2 aromatic heterocycles. The Bertz CT molecular complexity index is 1130. The van der Waals surface area contributed by atoms with E-state index < -0.39 is 36.4 Å². The van der Waals surface area contributed by atoms with Crippen molar-refractivity contribution in [2.75, 3.05) is 13.2 Å². The number of carboxylic acids is 3. The van der Waals surface area contributed by atoms with Gasteiger partial charge >= 0.3 is 36.4 Å². The lowest BCUT2D eigenvalue weighted by molar-refractivity contribution is -0.193. The van der Waals surface area contributed by atoms with E-state index >= 15 is 0 Å². The van der Waals surface area contributed by atoms with Crippen molar-refractivity contribution in [2.45, 2.75) is 56.2 Å². The number of pyridine rings is 2. The van der Waals surface area contributed by atoms with E-state index in [-0.39, 0.29) is 12.2 Å². The first kappa shape index (κ1) is 37.8. The molecule has 44 heavy (non-hydrogen) atoms. The van der Waals surface area contributed by atoms with Gasteiger partial charge in [-0.05, 0) is 37.1 Å². The second-order valence-electron chi connectivity index (χ2n) is 8.53. The van der Waals surface area contributed by atoms with E-state index in [4.69, 9.17) is 39.2 Å². The first-order valence-electron chi connectivity index (χ1n) is 12.0. The van der Waals surface area contributed by atoms with E-state index in [1.165, 1.54) is 0 Å². The standard InChI is InChI=1S/C18H21N3O2.3C2HF3O2/c1-2-9-20-14(4-1)13-21-10-11-22-18-16(21)6-7-17(18)23-15-5-3-8-19-12-15;3*3-2(4,5)1(6)7/h1-5,8-9,12,16-18H,6-7,10-11,13H2;3*(H,6,7)/t16-,17-,18+;;;/m0.../s1. The van der Waals surface area contributed by atoms with Crippen LogP contribution in [0.5, 0.6) is 5.75 Å². The van der Waals surface area contributed by atoms with Crippen LogP contribution >= 0.6 is 0 Å². The summed E-state index contributed by atoms with van der Waals surface area (Å²) in [5.41, 5.74) is 1.12. The Morgan fingerprint density at radius 1 is 0.841 bits per heavy atom. The zero-order chi connectivity index (χ0) is 33.7. The average Bonchev–Trinajstić information content (AvgIpc) is 3.33. The second-order valence-corrected chi connectivity index (χ2v) is 8.53. The Kier molecular flexibility index (Phi) is 14.3. The van der Waals surface area contributed by atoms with Crippen LogP contribution < -0.4 is 4.74 Å². The van der Waals surface area contributed by atoms with Crippen LogP contribution in [0.25, 0.3) is 0 Å². The summed E-state index contributed by atoms with van der Waals surface area (Å²) < 4.78 is 107. The maximum Gasteiger partial charge on any atom is 0.490 e. The highest BCUT2D eigenvalue weighted by molar-refractivity contribution is 5.73. The van der Waals surface area contributed by atoms with E-state index in [2.05, 4.69) is 20.9 Å². The summed E-state index contributed by atoms with van der Waals surface area (Å²) in [6, 6.07) is 10.4. The molecule has 0 spiro atoms. The van der Waals surface area contributed by atoms with Crippen LogP contribution in [0, 0.1) is 0 Å². The Hall–Kier alpha value is -4.20. The van der Waals surface area contributed by atoms with Gasteiger partial charge in [0.2, 0.25) is 0 Å². The zero-order valence-corrected chi connectivity index (χ0v) is 22.0. The van der Waals surface area contributed by atoms with Gasteiger partial charge in [0.15, 0.2) is 0 Å². The van der Waals surface area contributed by atoms with Crippen molar-refractivity contribution in [1.29, 1.82) is 0 Å². The molecule has 11 nitrogen and oxygen atoms in total. The molecule has 2 aliphatic rings. The van der Waals surface area contributed by atoms with Gasteiger partial charge in [-0.2, -0.15) is 39.5 Å². The molecule has 0 radical (unpaired) electrons. The molecule has 1 saturated heterocycles. The summed E-state index contributed by atoms with van der Waals surface area (Å²) in [6.45, 7) is 2.59. The molecule has 3 atom stereocenters. The minimum atomic E-state index is -5.08. The maximum atomic E-state index is 10.6. The Morgan fingerprint density at radius 2 is 1.39 bits per heavy atom. The molecular weight excluding hydrogens is 629 g/mol. The fourth-order valence-corrected chi connectivity index (χ4v) is 3.61.